The first-order chi connectivity index (χ1) is 7.76. The molecule has 0 heterocycles. The molecule has 0 unspecified atom stereocenters. The summed E-state index contributed by atoms with van der Waals surface area (Å²) in [7, 11) is 3.31. The van der Waals surface area contributed by atoms with Crippen molar-refractivity contribution in [3.8, 4) is 11.5 Å². The van der Waals surface area contributed by atoms with Gasteiger partial charge in [-0.25, -0.2) is 0 Å². The van der Waals surface area contributed by atoms with Crippen LogP contribution in [-0.2, 0) is 0 Å². The number of nitrogens with one attached hydrogen (secondary N) is 1. The van der Waals surface area contributed by atoms with Crippen LogP contribution in [0.3, 0.4) is 0 Å². The molecular formula is C11H16ClNO2S. The normalized spacial score (nSPS) is 10.0. The fourth-order valence-electron chi connectivity index (χ4n) is 1.35. The summed E-state index contributed by atoms with van der Waals surface area (Å²) in [5.74, 6) is 2.19. The quantitative estimate of drug-likeness (QED) is 0.630. The Balaban J connectivity index is 3.05. The van der Waals surface area contributed by atoms with Gasteiger partial charge in [0.25, 0.3) is 0 Å². The summed E-state index contributed by atoms with van der Waals surface area (Å²) in [4.78, 5) is 1.05. The van der Waals surface area contributed by atoms with Crippen LogP contribution in [0.4, 0.5) is 5.69 Å². The van der Waals surface area contributed by atoms with Gasteiger partial charge in [0.2, 0.25) is 0 Å². The van der Waals surface area contributed by atoms with Gasteiger partial charge in [0.05, 0.1) is 24.8 Å². The number of anilines is 1. The smallest absolute Gasteiger partial charge is 0.143 e. The molecule has 1 rings (SSSR count). The highest BCUT2D eigenvalue weighted by Gasteiger charge is 2.09. The molecule has 1 aromatic rings. The van der Waals surface area contributed by atoms with Crippen LogP contribution < -0.4 is 14.8 Å². The van der Waals surface area contributed by atoms with Crippen LogP contribution in [0.2, 0.25) is 0 Å². The molecule has 0 bridgehead atoms. The van der Waals surface area contributed by atoms with E-state index in [0.29, 0.717) is 12.4 Å². The van der Waals surface area contributed by atoms with Gasteiger partial charge in [-0.1, -0.05) is 0 Å². The first-order valence-electron chi connectivity index (χ1n) is 4.86. The minimum atomic E-state index is 0.551. The molecule has 16 heavy (non-hydrogen) atoms. The lowest BCUT2D eigenvalue weighted by Crippen LogP contribution is -2.04. The number of thioether (sulfide) groups is 1. The first kappa shape index (κ1) is 13.3. The Bertz CT molecular complexity index is 347. The van der Waals surface area contributed by atoms with Crippen LogP contribution in [-0.4, -0.2) is 32.9 Å². The number of halogens is 1. The van der Waals surface area contributed by atoms with Crippen LogP contribution in [0.25, 0.3) is 0 Å². The number of hydrogen-bond acceptors (Lipinski definition) is 4. The molecule has 0 saturated heterocycles. The third-order valence-electron chi connectivity index (χ3n) is 2.12. The predicted molar refractivity (Wildman–Crippen MR) is 70.5 cm³/mol. The SMILES string of the molecule is COc1cc(SC)c(OC)cc1NCCCl. The van der Waals surface area contributed by atoms with Crippen molar-refractivity contribution in [1.82, 2.24) is 0 Å². The maximum absolute atomic E-state index is 5.64. The van der Waals surface area contributed by atoms with E-state index in [1.165, 1.54) is 0 Å². The van der Waals surface area contributed by atoms with E-state index in [-0.39, 0.29) is 0 Å². The molecule has 0 fully saturated rings. The molecule has 0 spiro atoms. The van der Waals surface area contributed by atoms with Gasteiger partial charge in [0.1, 0.15) is 11.5 Å². The second-order valence-corrected chi connectivity index (χ2v) is 4.25. The van der Waals surface area contributed by atoms with Crippen molar-refractivity contribution in [3.63, 3.8) is 0 Å². The maximum atomic E-state index is 5.64. The minimum absolute atomic E-state index is 0.551. The van der Waals surface area contributed by atoms with Crippen LogP contribution in [0.15, 0.2) is 17.0 Å². The van der Waals surface area contributed by atoms with E-state index in [9.17, 15) is 0 Å². The first-order valence-corrected chi connectivity index (χ1v) is 6.62. The lowest BCUT2D eigenvalue weighted by molar-refractivity contribution is 0.395. The van der Waals surface area contributed by atoms with E-state index in [4.69, 9.17) is 21.1 Å². The zero-order chi connectivity index (χ0) is 12.0. The molecule has 0 aromatic heterocycles. The van der Waals surface area contributed by atoms with Crippen molar-refractivity contribution in [2.75, 3.05) is 38.2 Å². The highest BCUT2D eigenvalue weighted by Crippen LogP contribution is 2.37. The molecule has 1 aromatic carbocycles. The summed E-state index contributed by atoms with van der Waals surface area (Å²) in [5, 5.41) is 3.19. The second kappa shape index (κ2) is 6.76. The van der Waals surface area contributed by atoms with Gasteiger partial charge in [-0.15, -0.1) is 23.4 Å². The van der Waals surface area contributed by atoms with Crippen molar-refractivity contribution in [1.29, 1.82) is 0 Å². The highest BCUT2D eigenvalue weighted by atomic mass is 35.5. The van der Waals surface area contributed by atoms with Gasteiger partial charge in [-0.05, 0) is 12.3 Å². The highest BCUT2D eigenvalue weighted by molar-refractivity contribution is 7.98. The average Bonchev–Trinajstić information content (AvgIpc) is 2.35. The number of rotatable bonds is 6. The van der Waals surface area contributed by atoms with Crippen LogP contribution in [0, 0.1) is 0 Å². The molecule has 0 saturated carbocycles. The molecule has 90 valence electrons. The molecule has 3 nitrogen and oxygen atoms in total. The maximum Gasteiger partial charge on any atom is 0.143 e. The van der Waals surface area contributed by atoms with Gasteiger partial charge in [0, 0.05) is 18.5 Å². The molecule has 0 radical (unpaired) electrons. The van der Waals surface area contributed by atoms with Crippen LogP contribution in [0.5, 0.6) is 11.5 Å². The number of alkyl halides is 1. The number of hydrogen-bond donors (Lipinski definition) is 1. The molecule has 0 aliphatic heterocycles. The van der Waals surface area contributed by atoms with Crippen LogP contribution in [0.1, 0.15) is 0 Å². The van der Waals surface area contributed by atoms with Gasteiger partial charge >= 0.3 is 0 Å². The van der Waals surface area contributed by atoms with Gasteiger partial charge in [-0.3, -0.25) is 0 Å². The van der Waals surface area contributed by atoms with E-state index >= 15 is 0 Å². The summed E-state index contributed by atoms with van der Waals surface area (Å²) in [6.07, 6.45) is 2.00. The Kier molecular flexibility index (Phi) is 5.63. The fraction of sp³-hybridized carbons (Fsp3) is 0.455. The Morgan fingerprint density at radius 2 is 1.94 bits per heavy atom. The monoisotopic (exact) mass is 261 g/mol. The molecular weight excluding hydrogens is 246 g/mol. The zero-order valence-electron chi connectivity index (χ0n) is 9.67. The summed E-state index contributed by atoms with van der Waals surface area (Å²) < 4.78 is 10.6. The van der Waals surface area contributed by atoms with Crippen molar-refractivity contribution >= 4 is 29.1 Å². The summed E-state index contributed by atoms with van der Waals surface area (Å²) in [6.45, 7) is 0.694. The standard InChI is InChI=1S/C11H16ClNO2S/c1-14-9-7-11(16-3)10(15-2)6-8(9)13-5-4-12/h6-7,13H,4-5H2,1-3H3. The summed E-state index contributed by atoms with van der Waals surface area (Å²) in [6, 6.07) is 3.89. The lowest BCUT2D eigenvalue weighted by Gasteiger charge is -2.14. The minimum Gasteiger partial charge on any atom is -0.496 e. The Labute approximate surface area is 105 Å². The van der Waals surface area contributed by atoms with E-state index in [2.05, 4.69) is 5.32 Å². The largest absolute Gasteiger partial charge is 0.496 e. The van der Waals surface area contributed by atoms with Crippen molar-refractivity contribution in [3.05, 3.63) is 12.1 Å². The van der Waals surface area contributed by atoms with Crippen LogP contribution >= 0.6 is 23.4 Å². The lowest BCUT2D eigenvalue weighted by atomic mass is 10.2. The van der Waals surface area contributed by atoms with Gasteiger partial charge < -0.3 is 14.8 Å². The van der Waals surface area contributed by atoms with Crippen molar-refractivity contribution < 1.29 is 9.47 Å². The Morgan fingerprint density at radius 1 is 1.25 bits per heavy atom. The molecule has 0 atom stereocenters. The third kappa shape index (κ3) is 3.12. The number of methoxy groups -OCH3 is 2. The Morgan fingerprint density at radius 3 is 2.44 bits per heavy atom. The number of ether oxygens (including phenoxy) is 2. The summed E-state index contributed by atoms with van der Waals surface area (Å²) >= 11 is 7.26. The van der Waals surface area contributed by atoms with Crippen molar-refractivity contribution in [2.45, 2.75) is 4.90 Å². The number of benzene rings is 1. The van der Waals surface area contributed by atoms with Gasteiger partial charge in [-0.2, -0.15) is 0 Å². The molecule has 0 amide bonds. The van der Waals surface area contributed by atoms with E-state index < -0.39 is 0 Å². The third-order valence-corrected chi connectivity index (χ3v) is 3.06. The molecule has 5 heteroatoms. The van der Waals surface area contributed by atoms with E-state index in [1.54, 1.807) is 26.0 Å². The zero-order valence-corrected chi connectivity index (χ0v) is 11.2. The van der Waals surface area contributed by atoms with E-state index in [0.717, 1.165) is 22.1 Å². The molecule has 0 aliphatic carbocycles. The topological polar surface area (TPSA) is 30.5 Å². The fourth-order valence-corrected chi connectivity index (χ4v) is 2.01. The molecule has 0 aliphatic rings. The molecule has 1 N–H and O–H groups in total. The van der Waals surface area contributed by atoms with Gasteiger partial charge in [0.15, 0.2) is 0 Å². The average molecular weight is 262 g/mol. The second-order valence-electron chi connectivity index (χ2n) is 3.02. The summed E-state index contributed by atoms with van der Waals surface area (Å²) in [5.41, 5.74) is 0.901. The Hall–Kier alpha value is -0.740. The predicted octanol–water partition coefficient (Wildman–Crippen LogP) is 3.08. The van der Waals surface area contributed by atoms with E-state index in [1.807, 2.05) is 18.4 Å². The van der Waals surface area contributed by atoms with Crippen molar-refractivity contribution in [2.24, 2.45) is 0 Å².